The molecule has 0 bridgehead atoms. The molecule has 8 heteroatoms. The van der Waals surface area contributed by atoms with E-state index in [0.29, 0.717) is 46.3 Å². The van der Waals surface area contributed by atoms with E-state index < -0.39 is 0 Å². The van der Waals surface area contributed by atoms with Crippen LogP contribution in [0.1, 0.15) is 46.7 Å². The first-order chi connectivity index (χ1) is 12.5. The Hall–Kier alpha value is -1.77. The summed E-state index contributed by atoms with van der Waals surface area (Å²) in [4.78, 5) is 33.3. The SMILES string of the molecule is Cc1nc2sc(C(=O)N[C@H]3CCOC4(CCOCC4)C3)c(C)c2c(=O)[nH]1. The number of rotatable bonds is 2. The largest absolute Gasteiger partial charge is 0.381 e. The fourth-order valence-electron chi connectivity index (χ4n) is 3.96. The average Bonchev–Trinajstić information content (AvgIpc) is 2.92. The number of thiophene rings is 1. The molecule has 0 radical (unpaired) electrons. The van der Waals surface area contributed by atoms with Crippen LogP contribution in [-0.2, 0) is 9.47 Å². The van der Waals surface area contributed by atoms with E-state index >= 15 is 0 Å². The molecule has 1 amide bonds. The number of carbonyl (C=O) groups excluding carboxylic acids is 1. The Morgan fingerprint density at radius 2 is 2.08 bits per heavy atom. The Balaban J connectivity index is 1.55. The smallest absolute Gasteiger partial charge is 0.261 e. The second-order valence-corrected chi connectivity index (χ2v) is 8.19. The number of hydrogen-bond acceptors (Lipinski definition) is 6. The molecule has 4 rings (SSSR count). The van der Waals surface area contributed by atoms with Gasteiger partial charge in [0.05, 0.1) is 15.9 Å². The van der Waals surface area contributed by atoms with Gasteiger partial charge in [-0.1, -0.05) is 0 Å². The van der Waals surface area contributed by atoms with Gasteiger partial charge < -0.3 is 19.8 Å². The van der Waals surface area contributed by atoms with Gasteiger partial charge in [0.25, 0.3) is 11.5 Å². The van der Waals surface area contributed by atoms with Crippen LogP contribution in [0.25, 0.3) is 10.2 Å². The van der Waals surface area contributed by atoms with Gasteiger partial charge in [-0.05, 0) is 45.1 Å². The lowest BCUT2D eigenvalue weighted by Gasteiger charge is -2.43. The molecule has 7 nitrogen and oxygen atoms in total. The van der Waals surface area contributed by atoms with Crippen LogP contribution in [-0.4, -0.2) is 47.3 Å². The molecule has 4 heterocycles. The van der Waals surface area contributed by atoms with Gasteiger partial charge in [-0.2, -0.15) is 0 Å². The Labute approximate surface area is 155 Å². The van der Waals surface area contributed by atoms with E-state index in [4.69, 9.17) is 9.47 Å². The highest BCUT2D eigenvalue weighted by Gasteiger charge is 2.39. The Bertz CT molecular complexity index is 892. The number of amides is 1. The summed E-state index contributed by atoms with van der Waals surface area (Å²) >= 11 is 1.28. The maximum absolute atomic E-state index is 12.9. The monoisotopic (exact) mass is 377 g/mol. The van der Waals surface area contributed by atoms with Crippen LogP contribution in [0.2, 0.25) is 0 Å². The van der Waals surface area contributed by atoms with Gasteiger partial charge in [0.15, 0.2) is 0 Å². The first-order valence-electron chi connectivity index (χ1n) is 9.00. The van der Waals surface area contributed by atoms with E-state index in [2.05, 4.69) is 15.3 Å². The third-order valence-corrected chi connectivity index (χ3v) is 6.54. The van der Waals surface area contributed by atoms with Gasteiger partial charge in [-0.3, -0.25) is 9.59 Å². The van der Waals surface area contributed by atoms with Crippen molar-refractivity contribution < 1.29 is 14.3 Å². The van der Waals surface area contributed by atoms with E-state index in [1.54, 1.807) is 6.92 Å². The van der Waals surface area contributed by atoms with E-state index in [0.717, 1.165) is 25.7 Å². The van der Waals surface area contributed by atoms with Crippen LogP contribution < -0.4 is 10.9 Å². The fourth-order valence-corrected chi connectivity index (χ4v) is 5.09. The summed E-state index contributed by atoms with van der Waals surface area (Å²) in [6.45, 7) is 5.62. The summed E-state index contributed by atoms with van der Waals surface area (Å²) < 4.78 is 11.5. The number of fused-ring (bicyclic) bond motifs is 1. The van der Waals surface area contributed by atoms with Gasteiger partial charge in [0.2, 0.25) is 0 Å². The summed E-state index contributed by atoms with van der Waals surface area (Å²) in [6.07, 6.45) is 3.36. The molecule has 2 aliphatic heterocycles. The van der Waals surface area contributed by atoms with Crippen molar-refractivity contribution in [2.24, 2.45) is 0 Å². The zero-order valence-electron chi connectivity index (χ0n) is 15.0. The maximum atomic E-state index is 12.9. The van der Waals surface area contributed by atoms with Crippen molar-refractivity contribution >= 4 is 27.5 Å². The van der Waals surface area contributed by atoms with E-state index in [1.165, 1.54) is 11.3 Å². The number of aromatic nitrogens is 2. The summed E-state index contributed by atoms with van der Waals surface area (Å²) in [5.74, 6) is 0.429. The van der Waals surface area contributed by atoms with Crippen molar-refractivity contribution in [3.63, 3.8) is 0 Å². The van der Waals surface area contributed by atoms with Crippen molar-refractivity contribution in [2.45, 2.75) is 51.2 Å². The first-order valence-corrected chi connectivity index (χ1v) is 9.82. The molecule has 2 aromatic heterocycles. The zero-order valence-corrected chi connectivity index (χ0v) is 15.8. The molecule has 0 saturated carbocycles. The average molecular weight is 377 g/mol. The molecular weight excluding hydrogens is 354 g/mol. The van der Waals surface area contributed by atoms with Crippen LogP contribution >= 0.6 is 11.3 Å². The van der Waals surface area contributed by atoms with Gasteiger partial charge in [0, 0.05) is 25.9 Å². The van der Waals surface area contributed by atoms with E-state index in [-0.39, 0.29) is 23.1 Å². The third kappa shape index (κ3) is 3.17. The Kier molecular flexibility index (Phi) is 4.58. The highest BCUT2D eigenvalue weighted by Crippen LogP contribution is 2.35. The van der Waals surface area contributed by atoms with Crippen molar-refractivity contribution in [1.29, 1.82) is 0 Å². The molecule has 1 atom stereocenters. The second-order valence-electron chi connectivity index (χ2n) is 7.19. The second kappa shape index (κ2) is 6.75. The van der Waals surface area contributed by atoms with Crippen molar-refractivity contribution in [2.75, 3.05) is 19.8 Å². The molecule has 2 N–H and O–H groups in total. The quantitative estimate of drug-likeness (QED) is 0.836. The van der Waals surface area contributed by atoms with Gasteiger partial charge in [-0.15, -0.1) is 11.3 Å². The van der Waals surface area contributed by atoms with Crippen LogP contribution in [0.15, 0.2) is 4.79 Å². The summed E-state index contributed by atoms with van der Waals surface area (Å²) in [6, 6.07) is 0.0759. The molecule has 2 saturated heterocycles. The molecule has 26 heavy (non-hydrogen) atoms. The molecule has 1 spiro atoms. The zero-order chi connectivity index (χ0) is 18.3. The Morgan fingerprint density at radius 1 is 1.31 bits per heavy atom. The topological polar surface area (TPSA) is 93.3 Å². The normalized spacial score (nSPS) is 22.6. The molecular formula is C18H23N3O4S. The molecule has 2 aliphatic rings. The van der Waals surface area contributed by atoms with E-state index in [9.17, 15) is 9.59 Å². The van der Waals surface area contributed by atoms with Crippen LogP contribution in [0.3, 0.4) is 0 Å². The number of carbonyl (C=O) groups is 1. The maximum Gasteiger partial charge on any atom is 0.261 e. The van der Waals surface area contributed by atoms with Crippen LogP contribution in [0.5, 0.6) is 0 Å². The molecule has 0 aliphatic carbocycles. The molecule has 2 fully saturated rings. The lowest BCUT2D eigenvalue weighted by molar-refractivity contribution is -0.139. The van der Waals surface area contributed by atoms with Crippen LogP contribution in [0.4, 0.5) is 0 Å². The van der Waals surface area contributed by atoms with Crippen molar-refractivity contribution in [3.05, 3.63) is 26.6 Å². The lowest BCUT2D eigenvalue weighted by atomic mass is 9.84. The number of ether oxygens (including phenoxy) is 2. The molecule has 2 aromatic rings. The molecule has 0 unspecified atom stereocenters. The summed E-state index contributed by atoms with van der Waals surface area (Å²) in [5.41, 5.74) is 0.344. The highest BCUT2D eigenvalue weighted by atomic mass is 32.1. The minimum absolute atomic E-state index is 0.0759. The Morgan fingerprint density at radius 3 is 2.85 bits per heavy atom. The molecule has 140 valence electrons. The van der Waals surface area contributed by atoms with Gasteiger partial charge in [-0.25, -0.2) is 4.98 Å². The van der Waals surface area contributed by atoms with Gasteiger partial charge >= 0.3 is 0 Å². The number of aryl methyl sites for hydroxylation is 2. The number of nitrogens with one attached hydrogen (secondary N) is 2. The number of nitrogens with zero attached hydrogens (tertiary/aromatic N) is 1. The highest BCUT2D eigenvalue weighted by molar-refractivity contribution is 7.20. The van der Waals surface area contributed by atoms with Gasteiger partial charge in [0.1, 0.15) is 10.7 Å². The lowest BCUT2D eigenvalue weighted by Crippen LogP contribution is -2.51. The minimum Gasteiger partial charge on any atom is -0.381 e. The summed E-state index contributed by atoms with van der Waals surface area (Å²) in [7, 11) is 0. The van der Waals surface area contributed by atoms with Crippen molar-refractivity contribution in [1.82, 2.24) is 15.3 Å². The van der Waals surface area contributed by atoms with Crippen molar-refractivity contribution in [3.8, 4) is 0 Å². The first kappa shape index (κ1) is 17.6. The predicted molar refractivity (Wildman–Crippen MR) is 98.9 cm³/mol. The predicted octanol–water partition coefficient (Wildman–Crippen LogP) is 2.06. The summed E-state index contributed by atoms with van der Waals surface area (Å²) in [5, 5.41) is 3.67. The van der Waals surface area contributed by atoms with Crippen LogP contribution in [0, 0.1) is 13.8 Å². The molecule has 0 aromatic carbocycles. The number of H-pyrrole nitrogens is 1. The number of aromatic amines is 1. The fraction of sp³-hybridized carbons (Fsp3) is 0.611. The standard InChI is InChI=1S/C18H23N3O4S/c1-10-13-15(22)19-11(2)20-17(13)26-14(10)16(23)21-12-3-6-25-18(9-12)4-7-24-8-5-18/h12H,3-9H2,1-2H3,(H,21,23)(H,19,20,22)/t12-/m0/s1. The minimum atomic E-state index is -0.187. The third-order valence-electron chi connectivity index (χ3n) is 5.36. The number of hydrogen-bond donors (Lipinski definition) is 2. The van der Waals surface area contributed by atoms with E-state index in [1.807, 2.05) is 6.92 Å².